The lowest BCUT2D eigenvalue weighted by atomic mass is 10.1. The molecule has 2 fully saturated rings. The highest BCUT2D eigenvalue weighted by Crippen LogP contribution is 2.24. The van der Waals surface area contributed by atoms with Crippen LogP contribution in [0.5, 0.6) is 0 Å². The monoisotopic (exact) mass is 291 g/mol. The Balaban J connectivity index is 1.53. The van der Waals surface area contributed by atoms with Gasteiger partial charge in [-0.05, 0) is 32.6 Å². The first-order chi connectivity index (χ1) is 10.2. The summed E-state index contributed by atoms with van der Waals surface area (Å²) in [4.78, 5) is 18.6. The zero-order valence-electron chi connectivity index (χ0n) is 12.8. The van der Waals surface area contributed by atoms with E-state index in [2.05, 4.69) is 9.55 Å². The van der Waals surface area contributed by atoms with Gasteiger partial charge in [0.05, 0.1) is 12.1 Å². The third-order valence-electron chi connectivity index (χ3n) is 4.75. The molecule has 1 aromatic heterocycles. The molecule has 0 N–H and O–H groups in total. The predicted molar refractivity (Wildman–Crippen MR) is 80.0 cm³/mol. The lowest BCUT2D eigenvalue weighted by molar-refractivity contribution is -0.139. The molecule has 116 valence electrons. The van der Waals surface area contributed by atoms with Crippen LogP contribution in [0.25, 0.3) is 0 Å². The number of nitrogens with zero attached hydrogens (tertiary/aromatic N) is 3. The van der Waals surface area contributed by atoms with E-state index in [1.165, 1.54) is 12.8 Å². The Morgan fingerprint density at radius 2 is 2.14 bits per heavy atom. The molecule has 0 spiro atoms. The van der Waals surface area contributed by atoms with Crippen LogP contribution in [-0.4, -0.2) is 46.2 Å². The first-order valence-electron chi connectivity index (χ1n) is 8.13. The average Bonchev–Trinajstić information content (AvgIpc) is 3.16. The van der Waals surface area contributed by atoms with E-state index in [1.807, 2.05) is 24.2 Å². The van der Waals surface area contributed by atoms with E-state index in [1.54, 1.807) is 0 Å². The van der Waals surface area contributed by atoms with Gasteiger partial charge in [0, 0.05) is 25.5 Å². The number of hydrogen-bond acceptors (Lipinski definition) is 3. The quantitative estimate of drug-likeness (QED) is 0.855. The number of amides is 1. The molecule has 1 atom stereocenters. The fourth-order valence-electron chi connectivity index (χ4n) is 3.52. The van der Waals surface area contributed by atoms with E-state index in [0.29, 0.717) is 12.1 Å². The fourth-order valence-corrected chi connectivity index (χ4v) is 3.52. The lowest BCUT2D eigenvalue weighted by Crippen LogP contribution is -2.42. The van der Waals surface area contributed by atoms with Crippen molar-refractivity contribution >= 4 is 5.91 Å². The molecule has 1 amide bonds. The van der Waals surface area contributed by atoms with Crippen molar-refractivity contribution in [1.82, 2.24) is 14.5 Å². The van der Waals surface area contributed by atoms with E-state index < -0.39 is 0 Å². The normalized spacial score (nSPS) is 23.7. The molecule has 2 aliphatic rings. The van der Waals surface area contributed by atoms with Gasteiger partial charge in [-0.3, -0.25) is 4.79 Å². The molecule has 5 heteroatoms. The van der Waals surface area contributed by atoms with Gasteiger partial charge in [-0.1, -0.05) is 12.8 Å². The van der Waals surface area contributed by atoms with Crippen LogP contribution in [0.1, 0.15) is 50.4 Å². The van der Waals surface area contributed by atoms with Gasteiger partial charge in [0.15, 0.2) is 0 Å². The number of ether oxygens (including phenoxy) is 1. The minimum Gasteiger partial charge on any atom is -0.368 e. The lowest BCUT2D eigenvalue weighted by Gasteiger charge is -2.34. The van der Waals surface area contributed by atoms with E-state index in [9.17, 15) is 4.79 Å². The van der Waals surface area contributed by atoms with Crippen LogP contribution in [0, 0.1) is 6.92 Å². The summed E-state index contributed by atoms with van der Waals surface area (Å²) in [7, 11) is 0. The Morgan fingerprint density at radius 1 is 1.33 bits per heavy atom. The number of piperidine rings is 1. The molecule has 3 rings (SSSR count). The van der Waals surface area contributed by atoms with E-state index in [0.717, 1.165) is 44.6 Å². The number of rotatable bonds is 4. The van der Waals surface area contributed by atoms with Crippen LogP contribution in [0.4, 0.5) is 0 Å². The van der Waals surface area contributed by atoms with Gasteiger partial charge >= 0.3 is 0 Å². The van der Waals surface area contributed by atoms with Crippen molar-refractivity contribution in [2.75, 3.05) is 19.7 Å². The molecule has 0 radical (unpaired) electrons. The molecule has 1 aliphatic carbocycles. The zero-order chi connectivity index (χ0) is 14.7. The highest BCUT2D eigenvalue weighted by molar-refractivity contribution is 5.77. The second-order valence-corrected chi connectivity index (χ2v) is 6.24. The molecule has 0 bridgehead atoms. The van der Waals surface area contributed by atoms with Crippen molar-refractivity contribution in [1.29, 1.82) is 0 Å². The summed E-state index contributed by atoms with van der Waals surface area (Å²) < 4.78 is 7.95. The van der Waals surface area contributed by atoms with Crippen molar-refractivity contribution in [3.8, 4) is 0 Å². The maximum atomic E-state index is 12.3. The van der Waals surface area contributed by atoms with Crippen molar-refractivity contribution in [2.24, 2.45) is 0 Å². The number of imidazole rings is 1. The molecule has 1 saturated heterocycles. The molecular formula is C16H25N3O2. The van der Waals surface area contributed by atoms with Crippen LogP contribution in [0.15, 0.2) is 12.4 Å². The maximum absolute atomic E-state index is 12.3. The summed E-state index contributed by atoms with van der Waals surface area (Å²) in [5.74, 6) is 1.17. The number of hydrogen-bond donors (Lipinski definition) is 0. The Kier molecular flexibility index (Phi) is 4.58. The van der Waals surface area contributed by atoms with Gasteiger partial charge in [0.2, 0.25) is 5.91 Å². The summed E-state index contributed by atoms with van der Waals surface area (Å²) in [5.41, 5.74) is 0. The molecule has 1 unspecified atom stereocenters. The number of aryl methyl sites for hydroxylation is 1. The summed E-state index contributed by atoms with van der Waals surface area (Å²) in [5, 5.41) is 0. The minimum atomic E-state index is 0.143. The van der Waals surface area contributed by atoms with Crippen molar-refractivity contribution < 1.29 is 9.53 Å². The van der Waals surface area contributed by atoms with Crippen molar-refractivity contribution in [3.63, 3.8) is 0 Å². The number of carbonyl (C=O) groups excluding carboxylic acids is 1. The number of likely N-dealkylation sites (tertiary alicyclic amines) is 1. The number of aromatic nitrogens is 2. The minimum absolute atomic E-state index is 0.143. The van der Waals surface area contributed by atoms with Gasteiger partial charge < -0.3 is 14.2 Å². The van der Waals surface area contributed by atoms with Gasteiger partial charge in [0.1, 0.15) is 12.4 Å². The second kappa shape index (κ2) is 6.60. The first-order valence-corrected chi connectivity index (χ1v) is 8.13. The average molecular weight is 291 g/mol. The molecule has 1 aromatic rings. The largest absolute Gasteiger partial charge is 0.368 e. The van der Waals surface area contributed by atoms with Gasteiger partial charge in [-0.25, -0.2) is 4.98 Å². The first kappa shape index (κ1) is 14.6. The molecule has 2 heterocycles. The summed E-state index contributed by atoms with van der Waals surface area (Å²) in [6.45, 7) is 3.91. The molecular weight excluding hydrogens is 266 g/mol. The van der Waals surface area contributed by atoms with Crippen LogP contribution in [-0.2, 0) is 9.53 Å². The zero-order valence-corrected chi connectivity index (χ0v) is 12.8. The predicted octanol–water partition coefficient (Wildman–Crippen LogP) is 2.31. The Labute approximate surface area is 126 Å². The SMILES string of the molecule is Cc1nccn1C1CCCN(C(=O)COC2CCCC2)C1. The van der Waals surface area contributed by atoms with E-state index in [4.69, 9.17) is 4.74 Å². The Bertz CT molecular complexity index is 480. The summed E-state index contributed by atoms with van der Waals surface area (Å²) in [6.07, 6.45) is 11.0. The highest BCUT2D eigenvalue weighted by atomic mass is 16.5. The Morgan fingerprint density at radius 3 is 2.86 bits per heavy atom. The molecule has 1 saturated carbocycles. The van der Waals surface area contributed by atoms with Crippen LogP contribution < -0.4 is 0 Å². The van der Waals surface area contributed by atoms with Crippen LogP contribution in [0.3, 0.4) is 0 Å². The third kappa shape index (κ3) is 3.46. The topological polar surface area (TPSA) is 47.4 Å². The highest BCUT2D eigenvalue weighted by Gasteiger charge is 2.26. The van der Waals surface area contributed by atoms with Gasteiger partial charge in [-0.15, -0.1) is 0 Å². The molecule has 5 nitrogen and oxygen atoms in total. The maximum Gasteiger partial charge on any atom is 0.248 e. The van der Waals surface area contributed by atoms with Gasteiger partial charge in [0.25, 0.3) is 0 Å². The number of carbonyl (C=O) groups is 1. The standard InChI is InChI=1S/C16H25N3O2/c1-13-17-8-10-19(13)14-5-4-9-18(11-14)16(20)12-21-15-6-2-3-7-15/h8,10,14-15H,2-7,9,11-12H2,1H3. The smallest absolute Gasteiger partial charge is 0.248 e. The van der Waals surface area contributed by atoms with Gasteiger partial charge in [-0.2, -0.15) is 0 Å². The fraction of sp³-hybridized carbons (Fsp3) is 0.750. The summed E-state index contributed by atoms with van der Waals surface area (Å²) in [6, 6.07) is 0.358. The third-order valence-corrected chi connectivity index (χ3v) is 4.75. The molecule has 1 aliphatic heterocycles. The van der Waals surface area contributed by atoms with E-state index >= 15 is 0 Å². The Hall–Kier alpha value is -1.36. The molecule has 21 heavy (non-hydrogen) atoms. The molecule has 0 aromatic carbocycles. The van der Waals surface area contributed by atoms with Crippen molar-refractivity contribution in [3.05, 3.63) is 18.2 Å². The van der Waals surface area contributed by atoms with Crippen LogP contribution in [0.2, 0.25) is 0 Å². The van der Waals surface area contributed by atoms with Crippen molar-refractivity contribution in [2.45, 2.75) is 57.6 Å². The summed E-state index contributed by atoms with van der Waals surface area (Å²) >= 11 is 0. The van der Waals surface area contributed by atoms with E-state index in [-0.39, 0.29) is 12.5 Å². The second-order valence-electron chi connectivity index (χ2n) is 6.24. The van der Waals surface area contributed by atoms with Crippen LogP contribution >= 0.6 is 0 Å².